The third kappa shape index (κ3) is 5.30. The van der Waals surface area contributed by atoms with Gasteiger partial charge in [-0.2, -0.15) is 4.31 Å². The molecule has 2 aromatic heterocycles. The zero-order valence-electron chi connectivity index (χ0n) is 21.4. The third-order valence-corrected chi connectivity index (χ3v) is 11.1. The van der Waals surface area contributed by atoms with Crippen LogP contribution in [0.1, 0.15) is 13.2 Å². The Labute approximate surface area is 240 Å². The first-order chi connectivity index (χ1) is 19.4. The number of anilines is 1. The van der Waals surface area contributed by atoms with Crippen molar-refractivity contribution in [3.8, 4) is 0 Å². The van der Waals surface area contributed by atoms with Crippen molar-refractivity contribution in [1.82, 2.24) is 19.5 Å². The molecule has 23 heteroatoms. The molecule has 1 aliphatic carbocycles. The molecule has 3 aliphatic rings. The van der Waals surface area contributed by atoms with Crippen LogP contribution in [0.3, 0.4) is 0 Å². The number of hydrogen-bond donors (Lipinski definition) is 10. The number of nitrogen functional groups attached to an aromatic ring is 1. The minimum atomic E-state index is -5.39. The molecule has 236 valence electrons. The average molecular weight is 661 g/mol. The summed E-state index contributed by atoms with van der Waals surface area (Å²) in [5.74, 6) is -5.55. The van der Waals surface area contributed by atoms with Crippen LogP contribution < -0.4 is 5.73 Å². The standard InChI is InChI=1S/C19H29N5O15P2S/c1-18(30)13(29)7(36-17(18)24-5-23-10-14(20)21-4-22-15(10)24)3-35-41(34,42)39-40(32,33)38-16-9-12(28)11(27)8(6(26)2-25)19(9,31)37-16/h4-9,11-13,16-17,25-31H,2-3H2,1H3,(H,32,33)(H,34,42)(H2,20,21,22)/t6-,7-,8?,9?,11?,12?,13-,16?,17-,18-,19?,41?/m1/s1. The van der Waals surface area contributed by atoms with Crippen LogP contribution in [0.15, 0.2) is 12.7 Å². The van der Waals surface area contributed by atoms with Crippen LogP contribution in [0.4, 0.5) is 5.82 Å². The largest absolute Gasteiger partial charge is 0.482 e. The summed E-state index contributed by atoms with van der Waals surface area (Å²) >= 11 is 3.63. The second-order valence-electron chi connectivity index (χ2n) is 10.2. The number of aromatic nitrogens is 4. The minimum absolute atomic E-state index is 0.0544. The maximum atomic E-state index is 12.8. The van der Waals surface area contributed by atoms with Crippen LogP contribution in [0.25, 0.3) is 11.2 Å². The molecule has 2 aliphatic heterocycles. The quantitative estimate of drug-likeness (QED) is 0.0894. The van der Waals surface area contributed by atoms with Gasteiger partial charge in [-0.15, -0.1) is 0 Å². The summed E-state index contributed by atoms with van der Waals surface area (Å²) in [4.78, 5) is 22.1. The molecule has 13 atom stereocenters. The molecule has 1 saturated carbocycles. The van der Waals surface area contributed by atoms with E-state index in [-0.39, 0.29) is 17.0 Å². The number of hydrogen-bond acceptors (Lipinski definition) is 18. The Kier molecular flexibility index (Phi) is 8.33. The van der Waals surface area contributed by atoms with Crippen molar-refractivity contribution in [3.63, 3.8) is 0 Å². The predicted octanol–water partition coefficient (Wildman–Crippen LogP) is -3.03. The minimum Gasteiger partial charge on any atom is -0.394 e. The number of aliphatic hydroxyl groups is 7. The van der Waals surface area contributed by atoms with Gasteiger partial charge in [0.15, 0.2) is 29.8 Å². The molecule has 5 rings (SSSR count). The van der Waals surface area contributed by atoms with E-state index >= 15 is 0 Å². The van der Waals surface area contributed by atoms with Crippen molar-refractivity contribution in [2.75, 3.05) is 18.9 Å². The van der Waals surface area contributed by atoms with Gasteiger partial charge >= 0.3 is 14.6 Å². The number of imidazole rings is 1. The van der Waals surface area contributed by atoms with Crippen molar-refractivity contribution in [2.24, 2.45) is 11.8 Å². The second-order valence-corrected chi connectivity index (χ2v) is 14.7. The lowest BCUT2D eigenvalue weighted by Crippen LogP contribution is -2.64. The van der Waals surface area contributed by atoms with Gasteiger partial charge < -0.3 is 55.8 Å². The summed E-state index contributed by atoms with van der Waals surface area (Å²) in [6.45, 7) is -5.23. The number of nitrogens with zero attached hydrogens (tertiary/aromatic N) is 4. The predicted molar refractivity (Wildman–Crippen MR) is 137 cm³/mol. The highest BCUT2D eigenvalue weighted by Crippen LogP contribution is 2.68. The Balaban J connectivity index is 1.22. The van der Waals surface area contributed by atoms with Crippen molar-refractivity contribution in [2.45, 2.75) is 61.3 Å². The highest BCUT2D eigenvalue weighted by Gasteiger charge is 2.73. The van der Waals surface area contributed by atoms with E-state index in [1.54, 1.807) is 0 Å². The maximum absolute atomic E-state index is 12.8. The van der Waals surface area contributed by atoms with E-state index in [4.69, 9.17) is 29.4 Å². The lowest BCUT2D eigenvalue weighted by molar-refractivity contribution is -0.427. The average Bonchev–Trinajstić information content (AvgIpc) is 3.44. The molecule has 0 aromatic carbocycles. The monoisotopic (exact) mass is 661 g/mol. The molecule has 10 N–H and O–H groups in total. The van der Waals surface area contributed by atoms with Gasteiger partial charge in [0.25, 0.3) is 0 Å². The summed E-state index contributed by atoms with van der Waals surface area (Å²) < 4.78 is 51.6. The molecule has 0 spiro atoms. The molecule has 3 fully saturated rings. The number of fused-ring (bicyclic) bond motifs is 2. The van der Waals surface area contributed by atoms with Crippen LogP contribution in [0.2, 0.25) is 0 Å². The summed E-state index contributed by atoms with van der Waals surface area (Å²) in [5.41, 5.74) is 4.17. The summed E-state index contributed by atoms with van der Waals surface area (Å²) in [6, 6.07) is 0. The van der Waals surface area contributed by atoms with Crippen LogP contribution >= 0.6 is 26.9 Å². The van der Waals surface area contributed by atoms with E-state index in [0.717, 1.165) is 6.33 Å². The van der Waals surface area contributed by atoms with Crippen LogP contribution in [-0.2, 0) is 32.0 Å². The molecule has 20 nitrogen and oxygen atoms in total. The zero-order chi connectivity index (χ0) is 31.0. The number of nitrogens with two attached hydrogens (primary N) is 1. The van der Waals surface area contributed by atoms with Crippen molar-refractivity contribution in [1.29, 1.82) is 0 Å². The normalized spacial score (nSPS) is 41.7. The Hall–Kier alpha value is -1.36. The van der Waals surface area contributed by atoms with Gasteiger partial charge in [0, 0.05) is 0 Å². The first-order valence-electron chi connectivity index (χ1n) is 12.2. The number of phosphoric ester groups is 1. The fraction of sp³-hybridized carbons (Fsp3) is 0.737. The Bertz CT molecular complexity index is 1440. The number of ether oxygens (including phenoxy) is 2. The summed E-state index contributed by atoms with van der Waals surface area (Å²) in [6.07, 6.45) is -9.20. The van der Waals surface area contributed by atoms with Gasteiger partial charge in [0.05, 0.1) is 49.7 Å². The topological polar surface area (TPSA) is 312 Å². The van der Waals surface area contributed by atoms with Gasteiger partial charge in [-0.3, -0.25) is 13.6 Å². The lowest BCUT2D eigenvalue weighted by atomic mass is 9.86. The van der Waals surface area contributed by atoms with Gasteiger partial charge in [-0.25, -0.2) is 24.1 Å². The lowest BCUT2D eigenvalue weighted by Gasteiger charge is -2.49. The van der Waals surface area contributed by atoms with Crippen molar-refractivity contribution in [3.05, 3.63) is 12.7 Å². The fourth-order valence-corrected chi connectivity index (χ4v) is 8.62. The molecule has 42 heavy (non-hydrogen) atoms. The van der Waals surface area contributed by atoms with Gasteiger partial charge in [0.2, 0.25) is 0 Å². The van der Waals surface area contributed by atoms with Gasteiger partial charge in [-0.05, 0) is 6.92 Å². The smallest absolute Gasteiger partial charge is 0.394 e. The molecular formula is C19H29N5O15P2S. The number of thiol groups is 1. The highest BCUT2D eigenvalue weighted by molar-refractivity contribution is 8.45. The first kappa shape index (κ1) is 32.0. The van der Waals surface area contributed by atoms with Gasteiger partial charge in [-0.1, -0.05) is 12.2 Å². The van der Waals surface area contributed by atoms with Crippen molar-refractivity contribution >= 4 is 43.9 Å². The summed E-state index contributed by atoms with van der Waals surface area (Å²) in [5, 5.41) is 71.7. The van der Waals surface area contributed by atoms with Crippen LogP contribution in [0, 0.1) is 11.8 Å². The van der Waals surface area contributed by atoms with Crippen LogP contribution in [-0.4, -0.2) is 122 Å². The molecule has 8 unspecified atom stereocenters. The van der Waals surface area contributed by atoms with E-state index in [1.807, 2.05) is 0 Å². The third-order valence-electron chi connectivity index (χ3n) is 7.48. The number of rotatable bonds is 10. The number of phosphoric acid groups is 1. The second kappa shape index (κ2) is 10.9. The highest BCUT2D eigenvalue weighted by atomic mass is 32.7. The molecule has 4 heterocycles. The van der Waals surface area contributed by atoms with E-state index < -0.39 is 94.1 Å². The van der Waals surface area contributed by atoms with E-state index in [9.17, 15) is 44.7 Å². The Morgan fingerprint density at radius 1 is 1.21 bits per heavy atom. The maximum Gasteiger partial charge on any atom is 0.482 e. The Morgan fingerprint density at radius 3 is 2.57 bits per heavy atom. The first-order valence-corrected chi connectivity index (χ1v) is 16.4. The molecule has 2 aromatic rings. The SMILES string of the molecule is C[C@@]1(O)[C@H](O)[C@@H](COP(=O)(S)OP(=O)(O)OC2OC3(O)C2C(O)C(O)C3[C@H](O)CO)O[C@H]1n1cnc2c(N)ncnc21. The molecule has 0 bridgehead atoms. The Morgan fingerprint density at radius 2 is 1.90 bits per heavy atom. The van der Waals surface area contributed by atoms with E-state index in [2.05, 4.69) is 31.5 Å². The van der Waals surface area contributed by atoms with E-state index in [1.165, 1.54) is 17.8 Å². The van der Waals surface area contributed by atoms with Crippen molar-refractivity contribution < 1.29 is 72.6 Å². The summed E-state index contributed by atoms with van der Waals surface area (Å²) in [7, 11) is -5.39. The van der Waals surface area contributed by atoms with E-state index in [0.29, 0.717) is 0 Å². The number of aliphatic hydroxyl groups excluding tert-OH is 5. The molecule has 0 radical (unpaired) electrons. The van der Waals surface area contributed by atoms with Crippen LogP contribution in [0.5, 0.6) is 0 Å². The van der Waals surface area contributed by atoms with Gasteiger partial charge in [0.1, 0.15) is 29.7 Å². The molecular weight excluding hydrogens is 632 g/mol. The zero-order valence-corrected chi connectivity index (χ0v) is 24.1. The molecule has 0 amide bonds. The fourth-order valence-electron chi connectivity index (χ4n) is 5.43. The molecule has 2 saturated heterocycles.